The fourth-order valence-electron chi connectivity index (χ4n) is 2.08. The summed E-state index contributed by atoms with van der Waals surface area (Å²) in [5.41, 5.74) is 5.00. The third-order valence-electron chi connectivity index (χ3n) is 3.12. The fraction of sp³-hybridized carbons (Fsp3) is 0.583. The molecule has 2 rings (SSSR count). The summed E-state index contributed by atoms with van der Waals surface area (Å²) in [6.45, 7) is 2.77. The van der Waals surface area contributed by atoms with E-state index in [0.29, 0.717) is 24.2 Å². The van der Waals surface area contributed by atoms with Gasteiger partial charge < -0.3 is 15.4 Å². The normalized spacial score (nSPS) is 21.9. The van der Waals surface area contributed by atoms with Crippen molar-refractivity contribution in [2.45, 2.75) is 25.2 Å². The monoisotopic (exact) mass is 353 g/mol. The van der Waals surface area contributed by atoms with Gasteiger partial charge in [-0.05, 0) is 28.9 Å². The van der Waals surface area contributed by atoms with Gasteiger partial charge in [0, 0.05) is 29.8 Å². The van der Waals surface area contributed by atoms with Gasteiger partial charge in [-0.15, -0.1) is 0 Å². The van der Waals surface area contributed by atoms with Crippen LogP contribution in [0.2, 0.25) is 0 Å². The summed E-state index contributed by atoms with van der Waals surface area (Å²) in [4.78, 5) is 5.50. The van der Waals surface area contributed by atoms with Gasteiger partial charge in [0.15, 0.2) is 0 Å². The summed E-state index contributed by atoms with van der Waals surface area (Å²) in [6.07, 6.45) is -3.38. The quantitative estimate of drug-likeness (QED) is 0.886. The van der Waals surface area contributed by atoms with Crippen LogP contribution in [0, 0.1) is 0 Å². The first-order valence-corrected chi connectivity index (χ1v) is 6.93. The molecule has 1 saturated heterocycles. The maximum absolute atomic E-state index is 13.1. The summed E-state index contributed by atoms with van der Waals surface area (Å²) < 4.78 is 45.0. The summed E-state index contributed by atoms with van der Waals surface area (Å²) in [5, 5.41) is 0. The zero-order chi connectivity index (χ0) is 14.9. The Morgan fingerprint density at radius 1 is 1.55 bits per heavy atom. The Morgan fingerprint density at radius 2 is 2.25 bits per heavy atom. The van der Waals surface area contributed by atoms with E-state index in [1.54, 1.807) is 11.8 Å². The Bertz CT molecular complexity index is 482. The molecule has 0 aliphatic carbocycles. The molecule has 2 heterocycles. The van der Waals surface area contributed by atoms with Gasteiger partial charge in [-0.25, -0.2) is 4.98 Å². The zero-order valence-electron chi connectivity index (χ0n) is 10.8. The van der Waals surface area contributed by atoms with E-state index < -0.39 is 11.7 Å². The molecule has 0 spiro atoms. The van der Waals surface area contributed by atoms with Crippen molar-refractivity contribution in [2.24, 2.45) is 5.73 Å². The first-order chi connectivity index (χ1) is 9.29. The van der Waals surface area contributed by atoms with E-state index in [1.807, 2.05) is 0 Å². The Hall–Kier alpha value is -0.860. The number of ether oxygens (including phenoxy) is 1. The van der Waals surface area contributed by atoms with Gasteiger partial charge in [-0.3, -0.25) is 0 Å². The first-order valence-electron chi connectivity index (χ1n) is 6.14. The average Bonchev–Trinajstić information content (AvgIpc) is 2.37. The number of halogens is 4. The van der Waals surface area contributed by atoms with Crippen molar-refractivity contribution in [2.75, 3.05) is 24.6 Å². The highest BCUT2D eigenvalue weighted by atomic mass is 79.9. The molecular formula is C12H15BrF3N3O. The minimum Gasteiger partial charge on any atom is -0.373 e. The number of hydrogen-bond acceptors (Lipinski definition) is 4. The van der Waals surface area contributed by atoms with E-state index in [2.05, 4.69) is 20.9 Å². The molecule has 8 heteroatoms. The minimum absolute atomic E-state index is 0.0744. The van der Waals surface area contributed by atoms with Crippen molar-refractivity contribution in [1.82, 2.24) is 4.98 Å². The lowest BCUT2D eigenvalue weighted by Crippen LogP contribution is -2.50. The van der Waals surface area contributed by atoms with E-state index in [1.165, 1.54) is 6.20 Å². The molecule has 0 saturated carbocycles. The van der Waals surface area contributed by atoms with Gasteiger partial charge in [-0.2, -0.15) is 13.2 Å². The number of hydrogen-bond donors (Lipinski definition) is 1. The smallest absolute Gasteiger partial charge is 0.373 e. The topological polar surface area (TPSA) is 51.4 Å². The number of alkyl halides is 3. The Balaban J connectivity index is 2.32. The molecule has 1 aliphatic heterocycles. The predicted octanol–water partition coefficient (Wildman–Crippen LogP) is 2.42. The van der Waals surface area contributed by atoms with Crippen molar-refractivity contribution in [3.8, 4) is 0 Å². The van der Waals surface area contributed by atoms with Gasteiger partial charge in [0.1, 0.15) is 5.82 Å². The second-order valence-corrected chi connectivity index (χ2v) is 5.65. The Morgan fingerprint density at radius 3 is 2.85 bits per heavy atom. The van der Waals surface area contributed by atoms with Gasteiger partial charge in [0.05, 0.1) is 18.3 Å². The van der Waals surface area contributed by atoms with E-state index in [-0.39, 0.29) is 18.0 Å². The van der Waals surface area contributed by atoms with E-state index in [4.69, 9.17) is 10.5 Å². The molecule has 0 amide bonds. The molecule has 0 radical (unpaired) electrons. The lowest BCUT2D eigenvalue weighted by molar-refractivity contribution is -0.137. The number of pyridine rings is 1. The summed E-state index contributed by atoms with van der Waals surface area (Å²) in [7, 11) is 0. The molecule has 0 aromatic carbocycles. The first kappa shape index (κ1) is 15.5. The Kier molecular flexibility index (Phi) is 4.55. The molecular weight excluding hydrogens is 339 g/mol. The van der Waals surface area contributed by atoms with Crippen LogP contribution in [-0.4, -0.2) is 36.8 Å². The third-order valence-corrected chi connectivity index (χ3v) is 3.55. The van der Waals surface area contributed by atoms with E-state index in [9.17, 15) is 13.2 Å². The van der Waals surface area contributed by atoms with Crippen LogP contribution in [-0.2, 0) is 10.9 Å². The number of nitrogens with two attached hydrogens (primary N) is 1. The van der Waals surface area contributed by atoms with Crippen molar-refractivity contribution in [1.29, 1.82) is 0 Å². The SMILES string of the molecule is CC(N)C1CN(c2ncc(Br)cc2C(F)(F)F)CCO1. The second kappa shape index (κ2) is 5.87. The maximum atomic E-state index is 13.1. The molecule has 1 aromatic rings. The number of anilines is 1. The molecule has 1 aromatic heterocycles. The van der Waals surface area contributed by atoms with Gasteiger partial charge in [0.2, 0.25) is 0 Å². The summed E-state index contributed by atoms with van der Waals surface area (Å²) in [5.74, 6) is -0.0744. The average molecular weight is 354 g/mol. The maximum Gasteiger partial charge on any atom is 0.419 e. The number of rotatable bonds is 2. The molecule has 2 unspecified atom stereocenters. The van der Waals surface area contributed by atoms with Crippen LogP contribution in [0.15, 0.2) is 16.7 Å². The minimum atomic E-state index is -4.45. The van der Waals surface area contributed by atoms with Crippen molar-refractivity contribution < 1.29 is 17.9 Å². The molecule has 20 heavy (non-hydrogen) atoms. The molecule has 1 aliphatic rings. The summed E-state index contributed by atoms with van der Waals surface area (Å²) in [6, 6.07) is 0.793. The predicted molar refractivity (Wildman–Crippen MR) is 72.5 cm³/mol. The van der Waals surface area contributed by atoms with Gasteiger partial charge >= 0.3 is 6.18 Å². The largest absolute Gasteiger partial charge is 0.419 e. The van der Waals surface area contributed by atoms with E-state index in [0.717, 1.165) is 6.07 Å². The van der Waals surface area contributed by atoms with Crippen LogP contribution in [0.25, 0.3) is 0 Å². The molecule has 0 bridgehead atoms. The van der Waals surface area contributed by atoms with Gasteiger partial charge in [0.25, 0.3) is 0 Å². The van der Waals surface area contributed by atoms with Crippen LogP contribution < -0.4 is 10.6 Å². The molecule has 1 fully saturated rings. The molecule has 112 valence electrons. The fourth-order valence-corrected chi connectivity index (χ4v) is 2.41. The van der Waals surface area contributed by atoms with Crippen LogP contribution in [0.1, 0.15) is 12.5 Å². The summed E-state index contributed by atoms with van der Waals surface area (Å²) >= 11 is 3.02. The standard InChI is InChI=1S/C12H15BrF3N3O/c1-7(17)10-6-19(2-3-20-10)11-9(12(14,15)16)4-8(13)5-18-11/h4-5,7,10H,2-3,6,17H2,1H3. The van der Waals surface area contributed by atoms with Crippen molar-refractivity contribution in [3.05, 3.63) is 22.3 Å². The highest BCUT2D eigenvalue weighted by Gasteiger charge is 2.37. The number of aromatic nitrogens is 1. The van der Waals surface area contributed by atoms with Crippen LogP contribution in [0.4, 0.5) is 19.0 Å². The Labute approximate surface area is 123 Å². The highest BCUT2D eigenvalue weighted by molar-refractivity contribution is 9.10. The molecule has 2 N–H and O–H groups in total. The van der Waals surface area contributed by atoms with Crippen LogP contribution in [0.3, 0.4) is 0 Å². The number of nitrogens with zero attached hydrogens (tertiary/aromatic N) is 2. The lowest BCUT2D eigenvalue weighted by atomic mass is 10.1. The van der Waals surface area contributed by atoms with Crippen molar-refractivity contribution >= 4 is 21.7 Å². The lowest BCUT2D eigenvalue weighted by Gasteiger charge is -2.36. The molecule has 2 atom stereocenters. The van der Waals surface area contributed by atoms with Gasteiger partial charge in [-0.1, -0.05) is 0 Å². The zero-order valence-corrected chi connectivity index (χ0v) is 12.4. The van der Waals surface area contributed by atoms with Crippen LogP contribution in [0.5, 0.6) is 0 Å². The van der Waals surface area contributed by atoms with E-state index >= 15 is 0 Å². The highest BCUT2D eigenvalue weighted by Crippen LogP contribution is 2.37. The third kappa shape index (κ3) is 3.42. The molecule has 4 nitrogen and oxygen atoms in total. The van der Waals surface area contributed by atoms with Crippen LogP contribution >= 0.6 is 15.9 Å². The second-order valence-electron chi connectivity index (χ2n) is 4.74. The number of morpholine rings is 1. The van der Waals surface area contributed by atoms with Crippen molar-refractivity contribution in [3.63, 3.8) is 0 Å².